The molecule has 1 atom stereocenters. The van der Waals surface area contributed by atoms with Crippen molar-refractivity contribution in [3.05, 3.63) is 51.9 Å². The highest BCUT2D eigenvalue weighted by molar-refractivity contribution is 6.30. The van der Waals surface area contributed by atoms with Gasteiger partial charge < -0.3 is 4.52 Å². The van der Waals surface area contributed by atoms with Crippen molar-refractivity contribution in [3.8, 4) is 0 Å². The molecule has 0 N–H and O–H groups in total. The number of hydrogen-bond donors (Lipinski definition) is 0. The molecule has 20 heavy (non-hydrogen) atoms. The largest absolute Gasteiger partial charge is 0.361 e. The smallest absolute Gasteiger partial charge is 0.138 e. The van der Waals surface area contributed by atoms with Gasteiger partial charge in [0.05, 0.1) is 5.69 Å². The van der Waals surface area contributed by atoms with Crippen molar-refractivity contribution in [2.24, 2.45) is 0 Å². The summed E-state index contributed by atoms with van der Waals surface area (Å²) in [6.07, 6.45) is 2.39. The minimum atomic E-state index is 0.417. The molecule has 2 heterocycles. The lowest BCUT2D eigenvalue weighted by Crippen LogP contribution is -2.23. The first-order valence-corrected chi connectivity index (χ1v) is 7.44. The summed E-state index contributed by atoms with van der Waals surface area (Å²) in [5.41, 5.74) is 3.55. The normalized spacial score (nSPS) is 19.6. The third-order valence-electron chi connectivity index (χ3n) is 4.06. The van der Waals surface area contributed by atoms with E-state index in [4.69, 9.17) is 16.1 Å². The van der Waals surface area contributed by atoms with Crippen molar-refractivity contribution in [2.75, 3.05) is 6.54 Å². The summed E-state index contributed by atoms with van der Waals surface area (Å²) in [5, 5.41) is 4.90. The van der Waals surface area contributed by atoms with Gasteiger partial charge in [-0.3, -0.25) is 4.90 Å². The van der Waals surface area contributed by atoms with Gasteiger partial charge in [0.25, 0.3) is 0 Å². The highest BCUT2D eigenvalue weighted by atomic mass is 35.5. The van der Waals surface area contributed by atoms with Gasteiger partial charge in [-0.1, -0.05) is 28.9 Å². The van der Waals surface area contributed by atoms with Crippen LogP contribution in [0.25, 0.3) is 0 Å². The van der Waals surface area contributed by atoms with E-state index in [1.807, 2.05) is 32.0 Å². The molecule has 4 heteroatoms. The van der Waals surface area contributed by atoms with E-state index in [0.717, 1.165) is 29.6 Å². The zero-order valence-corrected chi connectivity index (χ0v) is 12.7. The van der Waals surface area contributed by atoms with Crippen LogP contribution in [0.1, 0.15) is 41.5 Å². The average molecular weight is 291 g/mol. The van der Waals surface area contributed by atoms with E-state index in [2.05, 4.69) is 16.1 Å². The second kappa shape index (κ2) is 5.58. The van der Waals surface area contributed by atoms with Crippen molar-refractivity contribution in [1.29, 1.82) is 0 Å². The molecular formula is C16H19ClN2O. The molecule has 1 saturated heterocycles. The van der Waals surface area contributed by atoms with E-state index in [1.54, 1.807) is 0 Å². The van der Waals surface area contributed by atoms with E-state index in [-0.39, 0.29) is 0 Å². The van der Waals surface area contributed by atoms with Crippen LogP contribution in [-0.4, -0.2) is 16.6 Å². The fourth-order valence-corrected chi connectivity index (χ4v) is 3.39. The fraction of sp³-hybridized carbons (Fsp3) is 0.438. The number of benzene rings is 1. The Kier molecular flexibility index (Phi) is 3.81. The number of aryl methyl sites for hydroxylation is 2. The third kappa shape index (κ3) is 2.60. The Morgan fingerprint density at radius 3 is 2.95 bits per heavy atom. The molecule has 2 aromatic rings. The van der Waals surface area contributed by atoms with E-state index < -0.39 is 0 Å². The molecule has 1 aromatic carbocycles. The molecule has 0 spiro atoms. The Bertz CT molecular complexity index is 589. The quantitative estimate of drug-likeness (QED) is 0.845. The lowest BCUT2D eigenvalue weighted by Gasteiger charge is -2.24. The van der Waals surface area contributed by atoms with Crippen molar-refractivity contribution in [1.82, 2.24) is 10.1 Å². The number of nitrogens with zero attached hydrogens (tertiary/aromatic N) is 2. The Morgan fingerprint density at radius 1 is 1.40 bits per heavy atom. The molecule has 0 saturated carbocycles. The number of halogens is 1. The first kappa shape index (κ1) is 13.7. The topological polar surface area (TPSA) is 29.3 Å². The lowest BCUT2D eigenvalue weighted by molar-refractivity contribution is 0.245. The third-order valence-corrected chi connectivity index (χ3v) is 4.30. The molecule has 3 rings (SSSR count). The number of likely N-dealkylation sites (tertiary alicyclic amines) is 1. The molecule has 0 radical (unpaired) electrons. The number of aromatic nitrogens is 1. The minimum absolute atomic E-state index is 0.417. The van der Waals surface area contributed by atoms with Crippen LogP contribution < -0.4 is 0 Å². The van der Waals surface area contributed by atoms with Crippen LogP contribution in [0, 0.1) is 13.8 Å². The maximum Gasteiger partial charge on any atom is 0.138 e. The average Bonchev–Trinajstić information content (AvgIpc) is 2.97. The molecule has 0 aliphatic carbocycles. The first-order valence-electron chi connectivity index (χ1n) is 7.06. The van der Waals surface area contributed by atoms with Crippen LogP contribution in [-0.2, 0) is 6.54 Å². The van der Waals surface area contributed by atoms with Crippen LogP contribution in [0.3, 0.4) is 0 Å². The van der Waals surface area contributed by atoms with Gasteiger partial charge in [0, 0.05) is 23.2 Å². The summed E-state index contributed by atoms with van der Waals surface area (Å²) in [6, 6.07) is 8.53. The van der Waals surface area contributed by atoms with Crippen LogP contribution in [0.5, 0.6) is 0 Å². The first-order chi connectivity index (χ1) is 9.65. The van der Waals surface area contributed by atoms with Crippen LogP contribution in [0.15, 0.2) is 28.8 Å². The van der Waals surface area contributed by atoms with Crippen LogP contribution >= 0.6 is 11.6 Å². The van der Waals surface area contributed by atoms with Gasteiger partial charge in [0.1, 0.15) is 5.76 Å². The standard InChI is InChI=1S/C16H19ClN2O/c1-11-16(12(2)20-18-11)15-7-4-8-19(15)10-13-5-3-6-14(17)9-13/h3,5-6,9,15H,4,7-8,10H2,1-2H3/t15-/m1/s1. The van der Waals surface area contributed by atoms with E-state index >= 15 is 0 Å². The van der Waals surface area contributed by atoms with E-state index in [0.29, 0.717) is 6.04 Å². The zero-order valence-electron chi connectivity index (χ0n) is 11.9. The second-order valence-electron chi connectivity index (χ2n) is 5.50. The summed E-state index contributed by atoms with van der Waals surface area (Å²) >= 11 is 6.07. The Morgan fingerprint density at radius 2 is 2.25 bits per heavy atom. The van der Waals surface area contributed by atoms with Gasteiger partial charge in [-0.2, -0.15) is 0 Å². The Balaban J connectivity index is 1.83. The molecule has 1 aliphatic rings. The highest BCUT2D eigenvalue weighted by Crippen LogP contribution is 2.36. The number of hydrogen-bond acceptors (Lipinski definition) is 3. The van der Waals surface area contributed by atoms with Crippen molar-refractivity contribution >= 4 is 11.6 Å². The molecule has 1 fully saturated rings. The molecule has 106 valence electrons. The van der Waals surface area contributed by atoms with Gasteiger partial charge in [-0.15, -0.1) is 0 Å². The molecule has 1 aliphatic heterocycles. The zero-order chi connectivity index (χ0) is 14.1. The summed E-state index contributed by atoms with van der Waals surface area (Å²) in [6.45, 7) is 6.07. The van der Waals surface area contributed by atoms with Gasteiger partial charge in [-0.05, 0) is 50.9 Å². The number of rotatable bonds is 3. The van der Waals surface area contributed by atoms with Crippen molar-refractivity contribution < 1.29 is 4.52 Å². The lowest BCUT2D eigenvalue weighted by atomic mass is 10.0. The Labute approximate surface area is 124 Å². The molecule has 0 bridgehead atoms. The SMILES string of the molecule is Cc1noc(C)c1[C@H]1CCCN1Cc1cccc(Cl)c1. The molecule has 0 unspecified atom stereocenters. The summed E-state index contributed by atoms with van der Waals surface area (Å²) < 4.78 is 5.33. The molecule has 3 nitrogen and oxygen atoms in total. The van der Waals surface area contributed by atoms with Crippen LogP contribution in [0.2, 0.25) is 5.02 Å². The van der Waals surface area contributed by atoms with Crippen molar-refractivity contribution in [2.45, 2.75) is 39.3 Å². The van der Waals surface area contributed by atoms with Crippen molar-refractivity contribution in [3.63, 3.8) is 0 Å². The fourth-order valence-electron chi connectivity index (χ4n) is 3.18. The molecule has 0 amide bonds. The van der Waals surface area contributed by atoms with Gasteiger partial charge in [-0.25, -0.2) is 0 Å². The predicted octanol–water partition coefficient (Wildman–Crippen LogP) is 4.28. The highest BCUT2D eigenvalue weighted by Gasteiger charge is 2.30. The maximum absolute atomic E-state index is 6.07. The molecular weight excluding hydrogens is 272 g/mol. The van der Waals surface area contributed by atoms with Gasteiger partial charge in [0.2, 0.25) is 0 Å². The monoisotopic (exact) mass is 290 g/mol. The van der Waals surface area contributed by atoms with Crippen LogP contribution in [0.4, 0.5) is 0 Å². The maximum atomic E-state index is 6.07. The summed E-state index contributed by atoms with van der Waals surface area (Å²) in [7, 11) is 0. The molecule has 1 aromatic heterocycles. The minimum Gasteiger partial charge on any atom is -0.361 e. The second-order valence-corrected chi connectivity index (χ2v) is 5.93. The predicted molar refractivity (Wildman–Crippen MR) is 79.8 cm³/mol. The van der Waals surface area contributed by atoms with E-state index in [9.17, 15) is 0 Å². The Hall–Kier alpha value is -1.32. The summed E-state index contributed by atoms with van der Waals surface area (Å²) in [5.74, 6) is 0.950. The summed E-state index contributed by atoms with van der Waals surface area (Å²) in [4.78, 5) is 2.50. The van der Waals surface area contributed by atoms with E-state index in [1.165, 1.54) is 24.0 Å². The van der Waals surface area contributed by atoms with Gasteiger partial charge >= 0.3 is 0 Å². The van der Waals surface area contributed by atoms with Gasteiger partial charge in [0.15, 0.2) is 0 Å².